The lowest BCUT2D eigenvalue weighted by Gasteiger charge is -2.09. The van der Waals surface area contributed by atoms with Crippen molar-refractivity contribution in [1.29, 1.82) is 0 Å². The first-order chi connectivity index (χ1) is 8.22. The summed E-state index contributed by atoms with van der Waals surface area (Å²) in [5, 5.41) is 1.61. The van der Waals surface area contributed by atoms with Crippen molar-refractivity contribution in [3.8, 4) is 0 Å². The minimum absolute atomic E-state index is 0.423. The molecule has 0 saturated carbocycles. The van der Waals surface area contributed by atoms with E-state index in [9.17, 15) is 0 Å². The smallest absolute Gasteiger partial charge is 0.115 e. The highest BCUT2D eigenvalue weighted by molar-refractivity contribution is 9.10. The van der Waals surface area contributed by atoms with Crippen LogP contribution in [0.3, 0.4) is 0 Å². The third kappa shape index (κ3) is 3.01. The first kappa shape index (κ1) is 12.9. The molecule has 1 aromatic heterocycles. The summed E-state index contributed by atoms with van der Waals surface area (Å²) >= 11 is 11.1. The van der Waals surface area contributed by atoms with E-state index in [2.05, 4.69) is 20.9 Å². The van der Waals surface area contributed by atoms with Gasteiger partial charge in [0.15, 0.2) is 0 Å². The van der Waals surface area contributed by atoms with Crippen LogP contribution in [0, 0.1) is 0 Å². The normalized spacial score (nSPS) is 10.5. The minimum Gasteiger partial charge on any atom is -0.326 e. The summed E-state index contributed by atoms with van der Waals surface area (Å²) in [6, 6.07) is 9.61. The number of aromatic nitrogens is 1. The largest absolute Gasteiger partial charge is 0.326 e. The van der Waals surface area contributed by atoms with Crippen molar-refractivity contribution in [2.75, 3.05) is 0 Å². The molecule has 0 atom stereocenters. The molecule has 2 nitrogen and oxygen atoms in total. The van der Waals surface area contributed by atoms with Gasteiger partial charge >= 0.3 is 0 Å². The Hall–Kier alpha value is -0.550. The predicted molar refractivity (Wildman–Crippen MR) is 75.4 cm³/mol. The zero-order valence-corrected chi connectivity index (χ0v) is 12.0. The van der Waals surface area contributed by atoms with Crippen molar-refractivity contribution in [2.45, 2.75) is 16.5 Å². The van der Waals surface area contributed by atoms with Crippen molar-refractivity contribution in [3.05, 3.63) is 51.6 Å². The Morgan fingerprint density at radius 2 is 2.12 bits per heavy atom. The minimum atomic E-state index is 0.423. The first-order valence-corrected chi connectivity index (χ1v) is 6.97. The monoisotopic (exact) mass is 328 g/mol. The fourth-order valence-corrected chi connectivity index (χ4v) is 3.14. The summed E-state index contributed by atoms with van der Waals surface area (Å²) in [6.07, 6.45) is 1.76. The molecule has 0 aliphatic carbocycles. The van der Waals surface area contributed by atoms with Gasteiger partial charge in [-0.3, -0.25) is 0 Å². The van der Waals surface area contributed by atoms with Crippen LogP contribution in [0.15, 0.2) is 50.9 Å². The van der Waals surface area contributed by atoms with Crippen LogP contribution in [0.1, 0.15) is 5.56 Å². The lowest BCUT2D eigenvalue weighted by Crippen LogP contribution is -1.99. The zero-order chi connectivity index (χ0) is 12.3. The maximum absolute atomic E-state index is 6.11. The van der Waals surface area contributed by atoms with E-state index in [0.717, 1.165) is 20.0 Å². The third-order valence-electron chi connectivity index (χ3n) is 2.21. The van der Waals surface area contributed by atoms with Crippen LogP contribution < -0.4 is 5.73 Å². The van der Waals surface area contributed by atoms with Gasteiger partial charge in [0.2, 0.25) is 0 Å². The molecular weight excluding hydrogens is 320 g/mol. The summed E-state index contributed by atoms with van der Waals surface area (Å²) < 4.78 is 0.966. The van der Waals surface area contributed by atoms with Crippen LogP contribution in [0.5, 0.6) is 0 Å². The van der Waals surface area contributed by atoms with Crippen molar-refractivity contribution in [1.82, 2.24) is 4.98 Å². The molecule has 0 unspecified atom stereocenters. The average Bonchev–Trinajstić information content (AvgIpc) is 2.32. The van der Waals surface area contributed by atoms with E-state index in [4.69, 9.17) is 17.3 Å². The number of halogens is 2. The maximum Gasteiger partial charge on any atom is 0.115 e. The highest BCUT2D eigenvalue weighted by Crippen LogP contribution is 2.35. The predicted octanol–water partition coefficient (Wildman–Crippen LogP) is 4.11. The Labute approximate surface area is 118 Å². The number of hydrogen-bond acceptors (Lipinski definition) is 3. The molecule has 17 heavy (non-hydrogen) atoms. The van der Waals surface area contributed by atoms with Gasteiger partial charge in [-0.2, -0.15) is 0 Å². The quantitative estimate of drug-likeness (QED) is 0.921. The van der Waals surface area contributed by atoms with Gasteiger partial charge in [0.25, 0.3) is 0 Å². The van der Waals surface area contributed by atoms with E-state index in [1.165, 1.54) is 0 Å². The Bertz CT molecular complexity index is 534. The SMILES string of the molecule is NCc1c(Cl)cccc1Sc1ncccc1Br. The van der Waals surface area contributed by atoms with Gasteiger partial charge in [-0.05, 0) is 45.8 Å². The molecule has 0 aliphatic rings. The first-order valence-electron chi connectivity index (χ1n) is 4.98. The lowest BCUT2D eigenvalue weighted by atomic mass is 10.2. The van der Waals surface area contributed by atoms with Crippen LogP contribution in [-0.2, 0) is 6.54 Å². The van der Waals surface area contributed by atoms with Crippen LogP contribution in [0.4, 0.5) is 0 Å². The van der Waals surface area contributed by atoms with Crippen LogP contribution in [0.2, 0.25) is 5.02 Å². The van der Waals surface area contributed by atoms with Gasteiger partial charge in [-0.15, -0.1) is 0 Å². The van der Waals surface area contributed by atoms with Gasteiger partial charge < -0.3 is 5.73 Å². The van der Waals surface area contributed by atoms with Gasteiger partial charge in [0.1, 0.15) is 5.03 Å². The number of rotatable bonds is 3. The highest BCUT2D eigenvalue weighted by Gasteiger charge is 2.09. The molecule has 2 rings (SSSR count). The van der Waals surface area contributed by atoms with Gasteiger partial charge in [0.05, 0.1) is 4.47 Å². The van der Waals surface area contributed by atoms with Crippen molar-refractivity contribution in [3.63, 3.8) is 0 Å². The van der Waals surface area contributed by atoms with E-state index < -0.39 is 0 Å². The summed E-state index contributed by atoms with van der Waals surface area (Å²) in [5.74, 6) is 0. The van der Waals surface area contributed by atoms with Crippen LogP contribution in [0.25, 0.3) is 0 Å². The summed E-state index contributed by atoms with van der Waals surface area (Å²) in [5.41, 5.74) is 6.67. The standard InChI is InChI=1S/C12H10BrClN2S/c13-9-3-2-6-16-12(9)17-11-5-1-4-10(14)8(11)7-15/h1-6H,7,15H2. The van der Waals surface area contributed by atoms with E-state index in [1.807, 2.05) is 30.3 Å². The summed E-state index contributed by atoms with van der Waals surface area (Å²) in [6.45, 7) is 0.423. The molecule has 1 aromatic carbocycles. The molecule has 0 aliphatic heterocycles. The van der Waals surface area contributed by atoms with Crippen molar-refractivity contribution in [2.24, 2.45) is 5.73 Å². The number of nitrogens with two attached hydrogens (primary N) is 1. The number of nitrogens with zero attached hydrogens (tertiary/aromatic N) is 1. The van der Waals surface area contributed by atoms with Crippen molar-refractivity contribution < 1.29 is 0 Å². The number of benzene rings is 1. The van der Waals surface area contributed by atoms with Crippen LogP contribution in [-0.4, -0.2) is 4.98 Å². The second-order valence-electron chi connectivity index (χ2n) is 3.31. The summed E-state index contributed by atoms with van der Waals surface area (Å²) in [7, 11) is 0. The average molecular weight is 330 g/mol. The molecule has 2 aromatic rings. The topological polar surface area (TPSA) is 38.9 Å². The summed E-state index contributed by atoms with van der Waals surface area (Å²) in [4.78, 5) is 5.35. The molecule has 0 radical (unpaired) electrons. The third-order valence-corrected chi connectivity index (χ3v) is 4.59. The Balaban J connectivity index is 2.37. The maximum atomic E-state index is 6.11. The van der Waals surface area contributed by atoms with E-state index in [-0.39, 0.29) is 0 Å². The highest BCUT2D eigenvalue weighted by atomic mass is 79.9. The Morgan fingerprint density at radius 1 is 1.29 bits per heavy atom. The van der Waals surface area contributed by atoms with Gasteiger partial charge in [0, 0.05) is 22.7 Å². The molecule has 5 heteroatoms. The molecule has 0 saturated heterocycles. The molecule has 0 spiro atoms. The van der Waals surface area contributed by atoms with E-state index in [1.54, 1.807) is 18.0 Å². The second-order valence-corrected chi connectivity index (χ2v) is 5.61. The lowest BCUT2D eigenvalue weighted by molar-refractivity contribution is 1.02. The van der Waals surface area contributed by atoms with Crippen LogP contribution >= 0.6 is 39.3 Å². The molecule has 1 heterocycles. The fraction of sp³-hybridized carbons (Fsp3) is 0.0833. The Kier molecular flexibility index (Phi) is 4.45. The number of pyridine rings is 1. The molecule has 88 valence electrons. The number of hydrogen-bond donors (Lipinski definition) is 1. The van der Waals surface area contributed by atoms with Gasteiger partial charge in [-0.1, -0.05) is 29.4 Å². The second kappa shape index (κ2) is 5.87. The molecule has 0 fully saturated rings. The molecule has 2 N–H and O–H groups in total. The van der Waals surface area contributed by atoms with Crippen molar-refractivity contribution >= 4 is 39.3 Å². The molecule has 0 amide bonds. The fourth-order valence-electron chi connectivity index (χ4n) is 1.38. The van der Waals surface area contributed by atoms with E-state index >= 15 is 0 Å². The molecule has 0 bridgehead atoms. The van der Waals surface area contributed by atoms with E-state index in [0.29, 0.717) is 11.6 Å². The zero-order valence-electron chi connectivity index (χ0n) is 8.86. The molecular formula is C12H10BrClN2S. The Morgan fingerprint density at radius 3 is 2.82 bits per heavy atom. The van der Waals surface area contributed by atoms with Gasteiger partial charge in [-0.25, -0.2) is 4.98 Å².